The highest BCUT2D eigenvalue weighted by Gasteiger charge is 2.54. The van der Waals surface area contributed by atoms with E-state index in [2.05, 4.69) is 26.0 Å². The van der Waals surface area contributed by atoms with Crippen molar-refractivity contribution in [2.45, 2.75) is 71.8 Å². The Morgan fingerprint density at radius 3 is 2.75 bits per heavy atom. The molecule has 24 heavy (non-hydrogen) atoms. The molecule has 2 nitrogen and oxygen atoms in total. The number of ketones is 1. The summed E-state index contributed by atoms with van der Waals surface area (Å²) in [6.45, 7) is 8.72. The van der Waals surface area contributed by atoms with Crippen LogP contribution in [0.15, 0.2) is 18.2 Å². The molecule has 0 aromatic heterocycles. The standard InChI is InChI=1S/C22H30O2/c1-13(2)24-15-7-8-16-17-9-11-22(4)10-5-6-19(22)20(17)14(3)21(23)18(16)12-15/h7-8,12-14,17,19-20H,5-6,9-11H2,1-4H3/t14-,17?,19?,20?,22?/m0/s1. The smallest absolute Gasteiger partial charge is 0.166 e. The zero-order valence-electron chi connectivity index (χ0n) is 15.5. The van der Waals surface area contributed by atoms with Crippen LogP contribution in [0.5, 0.6) is 5.75 Å². The topological polar surface area (TPSA) is 26.3 Å². The van der Waals surface area contributed by atoms with E-state index in [0.717, 1.165) is 17.2 Å². The van der Waals surface area contributed by atoms with Crippen LogP contribution >= 0.6 is 0 Å². The number of hydrogen-bond acceptors (Lipinski definition) is 2. The third kappa shape index (κ3) is 2.33. The maximum Gasteiger partial charge on any atom is 0.166 e. The molecular formula is C22H30O2. The fraction of sp³-hybridized carbons (Fsp3) is 0.682. The molecule has 2 heteroatoms. The average Bonchev–Trinajstić information content (AvgIpc) is 2.93. The lowest BCUT2D eigenvalue weighted by Crippen LogP contribution is -2.45. The Hall–Kier alpha value is -1.31. The predicted molar refractivity (Wildman–Crippen MR) is 96.6 cm³/mol. The molecule has 1 aromatic carbocycles. The molecule has 0 N–H and O–H groups in total. The van der Waals surface area contributed by atoms with Gasteiger partial charge >= 0.3 is 0 Å². The van der Waals surface area contributed by atoms with Crippen LogP contribution in [0.25, 0.3) is 0 Å². The molecule has 0 heterocycles. The van der Waals surface area contributed by atoms with Gasteiger partial charge in [-0.25, -0.2) is 0 Å². The van der Waals surface area contributed by atoms with E-state index in [1.54, 1.807) is 0 Å². The highest BCUT2D eigenvalue weighted by atomic mass is 16.5. The summed E-state index contributed by atoms with van der Waals surface area (Å²) >= 11 is 0. The van der Waals surface area contributed by atoms with Crippen LogP contribution in [0.4, 0.5) is 0 Å². The molecule has 0 saturated heterocycles. The van der Waals surface area contributed by atoms with Gasteiger partial charge in [-0.1, -0.05) is 26.3 Å². The van der Waals surface area contributed by atoms with E-state index in [9.17, 15) is 4.79 Å². The largest absolute Gasteiger partial charge is 0.491 e. The van der Waals surface area contributed by atoms with Crippen molar-refractivity contribution in [1.82, 2.24) is 0 Å². The fourth-order valence-electron chi connectivity index (χ4n) is 6.08. The van der Waals surface area contributed by atoms with Gasteiger partial charge in [0.05, 0.1) is 6.10 Å². The molecule has 2 fully saturated rings. The first-order valence-corrected chi connectivity index (χ1v) is 9.75. The normalized spacial score (nSPS) is 37.8. The second-order valence-corrected chi connectivity index (χ2v) is 8.94. The van der Waals surface area contributed by atoms with Crippen molar-refractivity contribution in [3.63, 3.8) is 0 Å². The van der Waals surface area contributed by atoms with E-state index in [0.29, 0.717) is 23.0 Å². The van der Waals surface area contributed by atoms with Gasteiger partial charge < -0.3 is 4.74 Å². The minimum absolute atomic E-state index is 0.140. The summed E-state index contributed by atoms with van der Waals surface area (Å²) in [7, 11) is 0. The summed E-state index contributed by atoms with van der Waals surface area (Å²) in [4.78, 5) is 13.1. The van der Waals surface area contributed by atoms with Crippen molar-refractivity contribution in [2.24, 2.45) is 23.2 Å². The summed E-state index contributed by atoms with van der Waals surface area (Å²) in [5.41, 5.74) is 2.71. The van der Waals surface area contributed by atoms with Gasteiger partial charge in [0.25, 0.3) is 0 Å². The van der Waals surface area contributed by atoms with E-state index in [1.807, 2.05) is 19.9 Å². The van der Waals surface area contributed by atoms with Crippen LogP contribution in [-0.4, -0.2) is 11.9 Å². The molecule has 0 spiro atoms. The molecule has 2 saturated carbocycles. The SMILES string of the molecule is CC(C)Oc1ccc2c(c1)C(=O)[C@@H](C)C1C2CCC2(C)CCCC12. The number of benzene rings is 1. The van der Waals surface area contributed by atoms with Crippen molar-refractivity contribution < 1.29 is 9.53 Å². The molecule has 130 valence electrons. The van der Waals surface area contributed by atoms with Gasteiger partial charge in [-0.15, -0.1) is 0 Å². The van der Waals surface area contributed by atoms with Gasteiger partial charge in [-0.3, -0.25) is 4.79 Å². The maximum atomic E-state index is 13.1. The zero-order chi connectivity index (χ0) is 17.1. The second-order valence-electron chi connectivity index (χ2n) is 8.94. The van der Waals surface area contributed by atoms with E-state index in [-0.39, 0.29) is 12.0 Å². The van der Waals surface area contributed by atoms with Gasteiger partial charge in [-0.2, -0.15) is 0 Å². The Morgan fingerprint density at radius 1 is 1.21 bits per heavy atom. The number of ether oxygens (including phenoxy) is 1. The summed E-state index contributed by atoms with van der Waals surface area (Å²) in [5.74, 6) is 3.18. The van der Waals surface area contributed by atoms with E-state index in [1.165, 1.54) is 37.7 Å². The Kier molecular flexibility index (Phi) is 3.78. The number of Topliss-reactive ketones (excluding diaryl/α,β-unsaturated/α-hetero) is 1. The van der Waals surface area contributed by atoms with Gasteiger partial charge in [0.15, 0.2) is 5.78 Å². The average molecular weight is 326 g/mol. The molecule has 1 aromatic rings. The van der Waals surface area contributed by atoms with Crippen LogP contribution in [0.2, 0.25) is 0 Å². The molecule has 4 rings (SSSR count). The van der Waals surface area contributed by atoms with Crippen LogP contribution in [0, 0.1) is 23.2 Å². The molecule has 5 atom stereocenters. The van der Waals surface area contributed by atoms with E-state index in [4.69, 9.17) is 4.74 Å². The molecule has 3 aliphatic carbocycles. The first kappa shape index (κ1) is 16.2. The van der Waals surface area contributed by atoms with Gasteiger partial charge in [0, 0.05) is 11.5 Å². The highest BCUT2D eigenvalue weighted by Crippen LogP contribution is 2.62. The Balaban J connectivity index is 1.74. The van der Waals surface area contributed by atoms with E-state index >= 15 is 0 Å². The van der Waals surface area contributed by atoms with Crippen molar-refractivity contribution in [3.05, 3.63) is 29.3 Å². The van der Waals surface area contributed by atoms with Gasteiger partial charge in [0.1, 0.15) is 5.75 Å². The lowest BCUT2D eigenvalue weighted by atomic mass is 9.53. The van der Waals surface area contributed by atoms with Crippen LogP contribution in [-0.2, 0) is 0 Å². The fourth-order valence-corrected chi connectivity index (χ4v) is 6.08. The van der Waals surface area contributed by atoms with Crippen molar-refractivity contribution in [3.8, 4) is 5.75 Å². The third-order valence-electron chi connectivity index (χ3n) is 7.17. The van der Waals surface area contributed by atoms with Crippen molar-refractivity contribution in [1.29, 1.82) is 0 Å². The molecule has 0 aliphatic heterocycles. The monoisotopic (exact) mass is 326 g/mol. The number of rotatable bonds is 2. The Labute approximate surface area is 146 Å². The quantitative estimate of drug-likeness (QED) is 0.706. The molecular weight excluding hydrogens is 296 g/mol. The maximum absolute atomic E-state index is 13.1. The van der Waals surface area contributed by atoms with Crippen LogP contribution in [0.3, 0.4) is 0 Å². The first-order chi connectivity index (χ1) is 11.4. The number of fused-ring (bicyclic) bond motifs is 5. The first-order valence-electron chi connectivity index (χ1n) is 9.75. The highest BCUT2D eigenvalue weighted by molar-refractivity contribution is 6.01. The predicted octanol–water partition coefficient (Wildman–Crippen LogP) is 5.61. The summed E-state index contributed by atoms with van der Waals surface area (Å²) in [6, 6.07) is 6.26. The Morgan fingerprint density at radius 2 is 2.00 bits per heavy atom. The molecule has 3 aliphatic rings. The summed E-state index contributed by atoms with van der Waals surface area (Å²) < 4.78 is 5.83. The third-order valence-corrected chi connectivity index (χ3v) is 7.17. The lowest BCUT2D eigenvalue weighted by molar-refractivity contribution is 0.0296. The van der Waals surface area contributed by atoms with Crippen molar-refractivity contribution in [2.75, 3.05) is 0 Å². The minimum Gasteiger partial charge on any atom is -0.491 e. The summed E-state index contributed by atoms with van der Waals surface area (Å²) in [6.07, 6.45) is 6.73. The number of hydrogen-bond donors (Lipinski definition) is 0. The minimum atomic E-state index is 0.140. The number of carbonyl (C=O) groups is 1. The van der Waals surface area contributed by atoms with Crippen molar-refractivity contribution >= 4 is 5.78 Å². The molecule has 0 bridgehead atoms. The lowest BCUT2D eigenvalue weighted by Gasteiger charge is -2.51. The molecule has 0 amide bonds. The van der Waals surface area contributed by atoms with Gasteiger partial charge in [0.2, 0.25) is 0 Å². The number of carbonyl (C=O) groups excluding carboxylic acids is 1. The zero-order valence-corrected chi connectivity index (χ0v) is 15.5. The Bertz CT molecular complexity index is 662. The molecule has 4 unspecified atom stereocenters. The van der Waals surface area contributed by atoms with Crippen LogP contribution < -0.4 is 4.74 Å². The molecule has 0 radical (unpaired) electrons. The summed E-state index contributed by atoms with van der Waals surface area (Å²) in [5, 5.41) is 0. The van der Waals surface area contributed by atoms with Crippen LogP contribution in [0.1, 0.15) is 81.6 Å². The van der Waals surface area contributed by atoms with Gasteiger partial charge in [-0.05, 0) is 80.4 Å². The second kappa shape index (κ2) is 5.61. The van der Waals surface area contributed by atoms with E-state index < -0.39 is 0 Å².